The third kappa shape index (κ3) is 4.47. The summed E-state index contributed by atoms with van der Waals surface area (Å²) < 4.78 is 23.3. The standard InChI is InChI=1S/C29H32O7/c1-15(2)9-22(30)20-7-8-23-25(27(20)33-4)29(32)34-14-19-10-16(3)11-21(26(19)35-23)28(31)36-24-13-17-5-6-18(24)12-17/h7-8,10-11,15,17-18,24H,5-6,9,12-14H2,1-4H3. The maximum atomic E-state index is 13.4. The van der Waals surface area contributed by atoms with E-state index in [1.54, 1.807) is 18.2 Å². The van der Waals surface area contributed by atoms with E-state index in [9.17, 15) is 14.4 Å². The van der Waals surface area contributed by atoms with Crippen LogP contribution in [0.1, 0.15) is 88.2 Å². The van der Waals surface area contributed by atoms with Crippen molar-refractivity contribution in [1.29, 1.82) is 0 Å². The molecule has 36 heavy (non-hydrogen) atoms. The molecule has 7 nitrogen and oxygen atoms in total. The number of fused-ring (bicyclic) bond motifs is 4. The normalized spacial score (nSPS) is 22.1. The third-order valence-electron chi connectivity index (χ3n) is 7.45. The number of esters is 2. The van der Waals surface area contributed by atoms with Gasteiger partial charge >= 0.3 is 11.9 Å². The van der Waals surface area contributed by atoms with Crippen molar-refractivity contribution in [1.82, 2.24) is 0 Å². The van der Waals surface area contributed by atoms with Crippen molar-refractivity contribution in [3.63, 3.8) is 0 Å². The molecule has 2 aliphatic carbocycles. The minimum Gasteiger partial charge on any atom is -0.495 e. The molecule has 2 saturated carbocycles. The van der Waals surface area contributed by atoms with Crippen LogP contribution in [0, 0.1) is 24.7 Å². The van der Waals surface area contributed by atoms with Crippen LogP contribution in [-0.4, -0.2) is 30.9 Å². The van der Waals surface area contributed by atoms with Gasteiger partial charge in [-0.15, -0.1) is 0 Å². The van der Waals surface area contributed by atoms with Crippen LogP contribution in [0.4, 0.5) is 0 Å². The number of Topliss-reactive ketones (excluding diaryl/α,β-unsaturated/α-hetero) is 1. The molecule has 3 unspecified atom stereocenters. The molecule has 2 fully saturated rings. The molecule has 2 bridgehead atoms. The van der Waals surface area contributed by atoms with E-state index in [4.69, 9.17) is 18.9 Å². The van der Waals surface area contributed by atoms with E-state index < -0.39 is 11.9 Å². The first kappa shape index (κ1) is 24.3. The molecule has 0 N–H and O–H groups in total. The van der Waals surface area contributed by atoms with Gasteiger partial charge < -0.3 is 18.9 Å². The molecule has 0 radical (unpaired) electrons. The summed E-state index contributed by atoms with van der Waals surface area (Å²) in [6.07, 6.45) is 4.60. The smallest absolute Gasteiger partial charge is 0.346 e. The predicted octanol–water partition coefficient (Wildman–Crippen LogP) is 6.04. The fourth-order valence-electron chi connectivity index (χ4n) is 5.84. The Hall–Kier alpha value is -3.35. The number of benzene rings is 2. The van der Waals surface area contributed by atoms with Crippen LogP contribution < -0.4 is 9.47 Å². The largest absolute Gasteiger partial charge is 0.495 e. The van der Waals surface area contributed by atoms with Crippen LogP contribution in [0.3, 0.4) is 0 Å². The number of aryl methyl sites for hydroxylation is 1. The summed E-state index contributed by atoms with van der Waals surface area (Å²) in [5.74, 6) is 0.577. The molecule has 2 aromatic carbocycles. The van der Waals surface area contributed by atoms with Gasteiger partial charge in [-0.2, -0.15) is 0 Å². The number of ether oxygens (including phenoxy) is 4. The van der Waals surface area contributed by atoms with Crippen molar-refractivity contribution < 1.29 is 33.3 Å². The van der Waals surface area contributed by atoms with Crippen LogP contribution in [0.25, 0.3) is 0 Å². The number of ketones is 1. The van der Waals surface area contributed by atoms with Crippen LogP contribution >= 0.6 is 0 Å². The monoisotopic (exact) mass is 492 g/mol. The highest BCUT2D eigenvalue weighted by molar-refractivity contribution is 6.05. The number of carbonyl (C=O) groups excluding carboxylic acids is 3. The number of cyclic esters (lactones) is 1. The zero-order valence-corrected chi connectivity index (χ0v) is 21.2. The number of rotatable bonds is 6. The molecule has 3 atom stereocenters. The van der Waals surface area contributed by atoms with Gasteiger partial charge in [0.15, 0.2) is 5.78 Å². The Bertz CT molecular complexity index is 1230. The number of hydrogen-bond acceptors (Lipinski definition) is 7. The van der Waals surface area contributed by atoms with Gasteiger partial charge in [0, 0.05) is 12.0 Å². The van der Waals surface area contributed by atoms with Gasteiger partial charge in [0.2, 0.25) is 0 Å². The van der Waals surface area contributed by atoms with E-state index in [0.29, 0.717) is 40.7 Å². The predicted molar refractivity (Wildman–Crippen MR) is 132 cm³/mol. The van der Waals surface area contributed by atoms with Gasteiger partial charge in [-0.1, -0.05) is 13.8 Å². The Morgan fingerprint density at radius 1 is 1.11 bits per heavy atom. The SMILES string of the molecule is COc1c(C(=O)CC(C)C)ccc2c1C(=O)OCc1cc(C)cc(C(=O)OC3CC4CCC3C4)c1O2. The van der Waals surface area contributed by atoms with Crippen molar-refractivity contribution in [2.45, 2.75) is 65.6 Å². The maximum Gasteiger partial charge on any atom is 0.346 e. The van der Waals surface area contributed by atoms with Gasteiger partial charge in [-0.05, 0) is 80.2 Å². The van der Waals surface area contributed by atoms with Gasteiger partial charge in [0.05, 0.1) is 12.7 Å². The molecule has 0 aromatic heterocycles. The molecule has 0 saturated heterocycles. The molecule has 0 spiro atoms. The molecule has 5 rings (SSSR count). The van der Waals surface area contributed by atoms with Gasteiger partial charge in [-0.3, -0.25) is 4.79 Å². The molecule has 190 valence electrons. The quantitative estimate of drug-likeness (QED) is 0.359. The van der Waals surface area contributed by atoms with Gasteiger partial charge in [0.25, 0.3) is 0 Å². The average Bonchev–Trinajstić information content (AvgIpc) is 3.45. The lowest BCUT2D eigenvalue weighted by Gasteiger charge is -2.25. The molecule has 1 aliphatic heterocycles. The van der Waals surface area contributed by atoms with E-state index in [1.165, 1.54) is 13.5 Å². The maximum absolute atomic E-state index is 13.4. The molecule has 1 heterocycles. The summed E-state index contributed by atoms with van der Waals surface area (Å²) >= 11 is 0. The fraction of sp³-hybridized carbons (Fsp3) is 0.483. The highest BCUT2D eigenvalue weighted by Gasteiger charge is 2.42. The van der Waals surface area contributed by atoms with E-state index in [2.05, 4.69) is 0 Å². The molecule has 0 amide bonds. The van der Waals surface area contributed by atoms with E-state index in [0.717, 1.165) is 24.8 Å². The summed E-state index contributed by atoms with van der Waals surface area (Å²) in [7, 11) is 1.41. The van der Waals surface area contributed by atoms with Gasteiger partial charge in [0.1, 0.15) is 41.1 Å². The average molecular weight is 493 g/mol. The minimum absolute atomic E-state index is 0.0331. The van der Waals surface area contributed by atoms with Crippen LogP contribution in [0.15, 0.2) is 24.3 Å². The second kappa shape index (κ2) is 9.60. The summed E-state index contributed by atoms with van der Waals surface area (Å²) in [5.41, 5.74) is 2.04. The first-order chi connectivity index (χ1) is 17.2. The first-order valence-electron chi connectivity index (χ1n) is 12.7. The molecule has 7 heteroatoms. The summed E-state index contributed by atoms with van der Waals surface area (Å²) in [6.45, 7) is 5.69. The molecule has 2 aromatic rings. The van der Waals surface area contributed by atoms with E-state index in [-0.39, 0.29) is 41.5 Å². The zero-order chi connectivity index (χ0) is 25.6. The van der Waals surface area contributed by atoms with Crippen LogP contribution in [0.5, 0.6) is 17.2 Å². The lowest BCUT2D eigenvalue weighted by molar-refractivity contribution is 0.0155. The fourth-order valence-corrected chi connectivity index (χ4v) is 5.84. The van der Waals surface area contributed by atoms with Crippen molar-refractivity contribution in [2.75, 3.05) is 7.11 Å². The molecular formula is C29H32O7. The second-order valence-electron chi connectivity index (χ2n) is 10.6. The second-order valence-corrected chi connectivity index (χ2v) is 10.6. The summed E-state index contributed by atoms with van der Waals surface area (Å²) in [6, 6.07) is 6.74. The van der Waals surface area contributed by atoms with Crippen molar-refractivity contribution >= 4 is 17.7 Å². The lowest BCUT2D eigenvalue weighted by Crippen LogP contribution is -2.25. The van der Waals surface area contributed by atoms with Crippen molar-refractivity contribution in [3.05, 3.63) is 52.1 Å². The van der Waals surface area contributed by atoms with E-state index >= 15 is 0 Å². The summed E-state index contributed by atoms with van der Waals surface area (Å²) in [4.78, 5) is 39.3. The van der Waals surface area contributed by atoms with Crippen LogP contribution in [0.2, 0.25) is 0 Å². The minimum atomic E-state index is -0.653. The van der Waals surface area contributed by atoms with E-state index in [1.807, 2.05) is 26.8 Å². The Labute approximate surface area is 211 Å². The number of methoxy groups -OCH3 is 1. The highest BCUT2D eigenvalue weighted by Crippen LogP contribution is 2.47. The Balaban J connectivity index is 1.53. The number of carbonyl (C=O) groups is 3. The van der Waals surface area contributed by atoms with Crippen LogP contribution in [-0.2, 0) is 16.1 Å². The Morgan fingerprint density at radius 3 is 2.58 bits per heavy atom. The number of hydrogen-bond donors (Lipinski definition) is 0. The highest BCUT2D eigenvalue weighted by atomic mass is 16.6. The lowest BCUT2D eigenvalue weighted by atomic mass is 9.97. The first-order valence-corrected chi connectivity index (χ1v) is 12.7. The zero-order valence-electron chi connectivity index (χ0n) is 21.2. The summed E-state index contributed by atoms with van der Waals surface area (Å²) in [5, 5.41) is 0. The van der Waals surface area contributed by atoms with Crippen molar-refractivity contribution in [3.8, 4) is 17.2 Å². The topological polar surface area (TPSA) is 88.1 Å². The van der Waals surface area contributed by atoms with Crippen molar-refractivity contribution in [2.24, 2.45) is 17.8 Å². The Morgan fingerprint density at radius 2 is 1.92 bits per heavy atom. The molecular weight excluding hydrogens is 460 g/mol. The molecule has 3 aliphatic rings. The Kier molecular flexibility index (Phi) is 6.49. The van der Waals surface area contributed by atoms with Gasteiger partial charge in [-0.25, -0.2) is 9.59 Å². The third-order valence-corrected chi connectivity index (χ3v) is 7.45.